The molecule has 9 heteroatoms. The van der Waals surface area contributed by atoms with Gasteiger partial charge in [-0.1, -0.05) is 50.7 Å². The molecule has 0 saturated heterocycles. The Morgan fingerprint density at radius 3 is 2.33 bits per heavy atom. The minimum atomic E-state index is -0.555. The lowest BCUT2D eigenvalue weighted by Gasteiger charge is -2.08. The van der Waals surface area contributed by atoms with Crippen molar-refractivity contribution in [2.24, 2.45) is 5.10 Å². The predicted octanol–water partition coefficient (Wildman–Crippen LogP) is 6.39. The molecule has 0 fully saturated rings. The number of ether oxygens (including phenoxy) is 1. The van der Waals surface area contributed by atoms with Gasteiger partial charge in [-0.05, 0) is 60.7 Å². The van der Waals surface area contributed by atoms with Crippen LogP contribution in [0, 0.1) is 0 Å². The van der Waals surface area contributed by atoms with Crippen LogP contribution in [0.1, 0.15) is 26.3 Å². The Labute approximate surface area is 195 Å². The fourth-order valence-electron chi connectivity index (χ4n) is 2.35. The number of nitrogens with one attached hydrogen (secondary N) is 1. The molecule has 152 valence electrons. The second-order valence-electron chi connectivity index (χ2n) is 5.90. The molecule has 0 aliphatic carbocycles. The summed E-state index contributed by atoms with van der Waals surface area (Å²) in [4.78, 5) is 24.6. The van der Waals surface area contributed by atoms with E-state index >= 15 is 0 Å². The monoisotopic (exact) mass is 524 g/mol. The highest BCUT2D eigenvalue weighted by Gasteiger charge is 2.13. The van der Waals surface area contributed by atoms with E-state index in [1.165, 1.54) is 18.3 Å². The van der Waals surface area contributed by atoms with Gasteiger partial charge in [-0.2, -0.15) is 5.10 Å². The molecule has 0 atom stereocenters. The van der Waals surface area contributed by atoms with Gasteiger partial charge < -0.3 is 4.74 Å². The highest BCUT2D eigenvalue weighted by molar-refractivity contribution is 9.10. The quantitative estimate of drug-likeness (QED) is 0.181. The van der Waals surface area contributed by atoms with Crippen LogP contribution in [-0.2, 0) is 0 Å². The molecule has 0 aliphatic heterocycles. The van der Waals surface area contributed by atoms with Crippen molar-refractivity contribution in [2.75, 3.05) is 0 Å². The van der Waals surface area contributed by atoms with Crippen molar-refractivity contribution >= 4 is 68.8 Å². The second-order valence-corrected chi connectivity index (χ2v) is 8.10. The summed E-state index contributed by atoms with van der Waals surface area (Å²) < 4.78 is 6.20. The van der Waals surface area contributed by atoms with Crippen LogP contribution in [-0.4, -0.2) is 18.1 Å². The number of nitrogens with zero attached hydrogens (tertiary/aromatic N) is 1. The molecule has 30 heavy (non-hydrogen) atoms. The van der Waals surface area contributed by atoms with Gasteiger partial charge >= 0.3 is 5.97 Å². The average molecular weight is 527 g/mol. The number of hydrogen-bond acceptors (Lipinski definition) is 4. The molecule has 0 radical (unpaired) electrons. The molecule has 0 saturated carbocycles. The van der Waals surface area contributed by atoms with E-state index in [1.807, 2.05) is 0 Å². The summed E-state index contributed by atoms with van der Waals surface area (Å²) in [5.74, 6) is -0.802. The molecule has 0 bridgehead atoms. The van der Waals surface area contributed by atoms with Crippen molar-refractivity contribution in [3.05, 3.63) is 96.9 Å². The summed E-state index contributed by atoms with van der Waals surface area (Å²) in [6, 6.07) is 15.8. The van der Waals surface area contributed by atoms with E-state index in [0.29, 0.717) is 21.2 Å². The van der Waals surface area contributed by atoms with Crippen LogP contribution in [0.25, 0.3) is 0 Å². The number of carbonyl (C=O) groups excluding carboxylic acids is 2. The van der Waals surface area contributed by atoms with Crippen LogP contribution in [0.2, 0.25) is 15.1 Å². The second kappa shape index (κ2) is 10.1. The van der Waals surface area contributed by atoms with Crippen LogP contribution in [0.3, 0.4) is 0 Å². The van der Waals surface area contributed by atoms with Gasteiger partial charge in [-0.25, -0.2) is 10.2 Å². The normalized spacial score (nSPS) is 10.8. The predicted molar refractivity (Wildman–Crippen MR) is 122 cm³/mol. The highest BCUT2D eigenvalue weighted by atomic mass is 79.9. The summed E-state index contributed by atoms with van der Waals surface area (Å²) in [6.07, 6.45) is 1.36. The molecular weight excluding hydrogens is 515 g/mol. The van der Waals surface area contributed by atoms with E-state index in [1.54, 1.807) is 48.5 Å². The number of esters is 1. The minimum absolute atomic E-state index is 0.204. The van der Waals surface area contributed by atoms with Crippen molar-refractivity contribution in [1.29, 1.82) is 0 Å². The molecule has 1 N–H and O–H groups in total. The van der Waals surface area contributed by atoms with Crippen LogP contribution >= 0.6 is 50.7 Å². The SMILES string of the molecule is O=C(Oc1ccc(Br)cc1C=NNC(=O)c1ccc(Cl)cc1Cl)c1ccc(Cl)cc1. The van der Waals surface area contributed by atoms with E-state index in [0.717, 1.165) is 4.47 Å². The number of benzene rings is 3. The van der Waals surface area contributed by atoms with Gasteiger partial charge in [0.2, 0.25) is 0 Å². The zero-order valence-electron chi connectivity index (χ0n) is 15.0. The van der Waals surface area contributed by atoms with E-state index in [-0.39, 0.29) is 16.3 Å². The lowest BCUT2D eigenvalue weighted by molar-refractivity contribution is 0.0734. The third-order valence-corrected chi connectivity index (χ3v) is 5.09. The molecule has 1 amide bonds. The molecule has 0 aromatic heterocycles. The first-order chi connectivity index (χ1) is 14.3. The first-order valence-electron chi connectivity index (χ1n) is 8.39. The Kier molecular flexibility index (Phi) is 7.50. The lowest BCUT2D eigenvalue weighted by Crippen LogP contribution is -2.18. The molecule has 3 aromatic carbocycles. The first kappa shape index (κ1) is 22.3. The van der Waals surface area contributed by atoms with E-state index < -0.39 is 11.9 Å². The van der Waals surface area contributed by atoms with E-state index in [4.69, 9.17) is 39.5 Å². The first-order valence-corrected chi connectivity index (χ1v) is 10.3. The Morgan fingerprint density at radius 1 is 0.933 bits per heavy atom. The molecule has 0 aliphatic rings. The summed E-state index contributed by atoms with van der Waals surface area (Å²) in [6.45, 7) is 0. The number of hydrogen-bond donors (Lipinski definition) is 1. The van der Waals surface area contributed by atoms with Gasteiger partial charge in [0.25, 0.3) is 5.91 Å². The smallest absolute Gasteiger partial charge is 0.343 e. The van der Waals surface area contributed by atoms with Gasteiger partial charge in [0.1, 0.15) is 5.75 Å². The third kappa shape index (κ3) is 5.83. The standard InChI is InChI=1S/C21H12BrCl3N2O3/c22-14-3-8-19(30-21(29)12-1-4-15(23)5-2-12)13(9-14)11-26-27-20(28)17-7-6-16(24)10-18(17)25/h1-11H,(H,27,28). The van der Waals surface area contributed by atoms with Crippen molar-refractivity contribution in [3.8, 4) is 5.75 Å². The Hall–Kier alpha value is -2.38. The van der Waals surface area contributed by atoms with Gasteiger partial charge in [-0.15, -0.1) is 0 Å². The summed E-state index contributed by atoms with van der Waals surface area (Å²) in [5.41, 5.74) is 3.41. The molecule has 0 spiro atoms. The Morgan fingerprint density at radius 2 is 1.63 bits per heavy atom. The lowest BCUT2D eigenvalue weighted by atomic mass is 10.2. The maximum atomic E-state index is 12.4. The van der Waals surface area contributed by atoms with Gasteiger partial charge in [0.15, 0.2) is 0 Å². The minimum Gasteiger partial charge on any atom is -0.422 e. The van der Waals surface area contributed by atoms with Crippen LogP contribution in [0.15, 0.2) is 70.2 Å². The van der Waals surface area contributed by atoms with E-state index in [9.17, 15) is 9.59 Å². The van der Waals surface area contributed by atoms with Gasteiger partial charge in [-0.3, -0.25) is 4.79 Å². The number of hydrazone groups is 1. The maximum Gasteiger partial charge on any atom is 0.343 e. The Bertz CT molecular complexity index is 1130. The maximum absolute atomic E-state index is 12.4. The molecule has 3 rings (SSSR count). The molecular formula is C21H12BrCl3N2O3. The van der Waals surface area contributed by atoms with Crippen LogP contribution < -0.4 is 10.2 Å². The van der Waals surface area contributed by atoms with Crippen LogP contribution in [0.4, 0.5) is 0 Å². The van der Waals surface area contributed by atoms with Crippen molar-refractivity contribution < 1.29 is 14.3 Å². The third-order valence-electron chi connectivity index (χ3n) is 3.80. The molecule has 0 heterocycles. The number of carbonyl (C=O) groups is 2. The number of rotatable bonds is 5. The molecule has 5 nitrogen and oxygen atoms in total. The topological polar surface area (TPSA) is 67.8 Å². The van der Waals surface area contributed by atoms with Crippen molar-refractivity contribution in [1.82, 2.24) is 5.43 Å². The summed E-state index contributed by atoms with van der Waals surface area (Å²) in [5, 5.41) is 5.06. The largest absolute Gasteiger partial charge is 0.422 e. The molecule has 3 aromatic rings. The fraction of sp³-hybridized carbons (Fsp3) is 0. The molecule has 0 unspecified atom stereocenters. The van der Waals surface area contributed by atoms with Crippen molar-refractivity contribution in [3.63, 3.8) is 0 Å². The van der Waals surface area contributed by atoms with Crippen molar-refractivity contribution in [2.45, 2.75) is 0 Å². The summed E-state index contributed by atoms with van der Waals surface area (Å²) >= 11 is 21.1. The van der Waals surface area contributed by atoms with Gasteiger partial charge in [0, 0.05) is 20.1 Å². The zero-order chi connectivity index (χ0) is 21.7. The van der Waals surface area contributed by atoms with Gasteiger partial charge in [0.05, 0.1) is 22.4 Å². The average Bonchev–Trinajstić information content (AvgIpc) is 2.70. The highest BCUT2D eigenvalue weighted by Crippen LogP contribution is 2.24. The van der Waals surface area contributed by atoms with Crippen LogP contribution in [0.5, 0.6) is 5.75 Å². The summed E-state index contributed by atoms with van der Waals surface area (Å²) in [7, 11) is 0. The Balaban J connectivity index is 1.75. The fourth-order valence-corrected chi connectivity index (χ4v) is 3.35. The number of halogens is 4. The van der Waals surface area contributed by atoms with E-state index in [2.05, 4.69) is 26.5 Å². The number of amides is 1. The zero-order valence-corrected chi connectivity index (χ0v) is 18.9.